The summed E-state index contributed by atoms with van der Waals surface area (Å²) in [6, 6.07) is 0. The fourth-order valence-electron chi connectivity index (χ4n) is 0.256. The Labute approximate surface area is 54.6 Å². The molecule has 50 valence electrons. The molecule has 0 saturated carbocycles. The topological polar surface area (TPSA) is 88.6 Å². The summed E-state index contributed by atoms with van der Waals surface area (Å²) in [5.74, 6) is 0. The van der Waals surface area contributed by atoms with Crippen LogP contribution >= 0.6 is 10.7 Å². The highest BCUT2D eigenvalue weighted by Crippen LogP contribution is 2.04. The fourth-order valence-corrected chi connectivity index (χ4v) is 0.740. The van der Waals surface area contributed by atoms with Gasteiger partial charge in [-0.3, -0.25) is 0 Å². The molecule has 0 aliphatic rings. The van der Waals surface area contributed by atoms with E-state index in [4.69, 9.17) is 10.7 Å². The Balaban J connectivity index is 3.20. The van der Waals surface area contributed by atoms with Crippen molar-refractivity contribution in [2.45, 2.75) is 5.16 Å². The first-order chi connectivity index (χ1) is 4.11. The number of tetrazole rings is 1. The quantitative estimate of drug-likeness (QED) is 0.551. The van der Waals surface area contributed by atoms with Gasteiger partial charge in [0, 0.05) is 10.7 Å². The van der Waals surface area contributed by atoms with Gasteiger partial charge < -0.3 is 0 Å². The third kappa shape index (κ3) is 1.36. The van der Waals surface area contributed by atoms with Crippen molar-refractivity contribution in [2.75, 3.05) is 0 Å². The van der Waals surface area contributed by atoms with Crippen molar-refractivity contribution in [1.29, 1.82) is 0 Å². The average Bonchev–Trinajstić information content (AvgIpc) is 2.08. The Morgan fingerprint density at radius 3 is 2.44 bits per heavy atom. The maximum absolute atomic E-state index is 10.3. The van der Waals surface area contributed by atoms with Crippen LogP contribution in [0, 0.1) is 0 Å². The third-order valence-corrected chi connectivity index (χ3v) is 1.57. The van der Waals surface area contributed by atoms with Crippen LogP contribution in [0.1, 0.15) is 0 Å². The summed E-state index contributed by atoms with van der Waals surface area (Å²) < 4.78 is 20.5. The van der Waals surface area contributed by atoms with Crippen LogP contribution in [0.25, 0.3) is 0 Å². The van der Waals surface area contributed by atoms with Crippen LogP contribution in [0.15, 0.2) is 5.16 Å². The lowest BCUT2D eigenvalue weighted by Gasteiger charge is -1.78. The highest BCUT2D eigenvalue weighted by atomic mass is 35.7. The maximum Gasteiger partial charge on any atom is 0.303 e. The van der Waals surface area contributed by atoms with Crippen molar-refractivity contribution in [1.82, 2.24) is 20.6 Å². The largest absolute Gasteiger partial charge is 0.303 e. The molecule has 1 rings (SSSR count). The van der Waals surface area contributed by atoms with Crippen LogP contribution in [0.4, 0.5) is 0 Å². The second-order valence-corrected chi connectivity index (χ2v) is 3.59. The molecule has 0 bridgehead atoms. The summed E-state index contributed by atoms with van der Waals surface area (Å²) in [6.07, 6.45) is 0. The van der Waals surface area contributed by atoms with Crippen LogP contribution in [-0.4, -0.2) is 29.0 Å². The molecule has 8 heteroatoms. The molecule has 0 atom stereocenters. The standard InChI is InChI=1S/CHClN4O2S/c2-9(7,8)1-3-5-6-4-1/h(H,3,4,5,6). The SMILES string of the molecule is O=S(=O)(Cl)c1nn[nH]n1. The number of H-pyrrole nitrogens is 1. The van der Waals surface area contributed by atoms with Gasteiger partial charge in [0.25, 0.3) is 9.05 Å². The molecule has 9 heavy (non-hydrogen) atoms. The second-order valence-electron chi connectivity index (χ2n) is 1.13. The fraction of sp³-hybridized carbons (Fsp3) is 0. The smallest absolute Gasteiger partial charge is 0.203 e. The van der Waals surface area contributed by atoms with Gasteiger partial charge in [-0.2, -0.15) is 5.21 Å². The minimum atomic E-state index is -3.80. The molecular formula is CHClN4O2S. The van der Waals surface area contributed by atoms with Crippen LogP contribution in [-0.2, 0) is 9.05 Å². The van der Waals surface area contributed by atoms with E-state index in [1.54, 1.807) is 0 Å². The van der Waals surface area contributed by atoms with Crippen LogP contribution < -0.4 is 0 Å². The zero-order valence-electron chi connectivity index (χ0n) is 3.94. The zero-order valence-corrected chi connectivity index (χ0v) is 5.52. The lowest BCUT2D eigenvalue weighted by atomic mass is 11.4. The van der Waals surface area contributed by atoms with Crippen molar-refractivity contribution in [3.63, 3.8) is 0 Å². The zero-order chi connectivity index (χ0) is 6.91. The first-order valence-corrected chi connectivity index (χ1v) is 4.10. The molecule has 0 fully saturated rings. The first kappa shape index (κ1) is 6.43. The average molecular weight is 169 g/mol. The summed E-state index contributed by atoms with van der Waals surface area (Å²) in [4.78, 5) is 0. The molecule has 0 radical (unpaired) electrons. The van der Waals surface area contributed by atoms with Gasteiger partial charge >= 0.3 is 5.16 Å². The van der Waals surface area contributed by atoms with Crippen LogP contribution in [0.2, 0.25) is 0 Å². The summed E-state index contributed by atoms with van der Waals surface area (Å²) in [5, 5.41) is 10.7. The number of aromatic amines is 1. The van der Waals surface area contributed by atoms with E-state index in [1.807, 2.05) is 5.21 Å². The number of hydrogen-bond donors (Lipinski definition) is 1. The molecule has 0 aliphatic carbocycles. The number of halogens is 1. The lowest BCUT2D eigenvalue weighted by Crippen LogP contribution is -1.92. The Bertz CT molecular complexity index is 276. The van der Waals surface area contributed by atoms with Crippen molar-refractivity contribution >= 4 is 19.7 Å². The molecule has 6 nitrogen and oxygen atoms in total. The van der Waals surface area contributed by atoms with Gasteiger partial charge in [0.15, 0.2) is 0 Å². The summed E-state index contributed by atoms with van der Waals surface area (Å²) in [5.41, 5.74) is 0. The van der Waals surface area contributed by atoms with Crippen LogP contribution in [0.5, 0.6) is 0 Å². The summed E-state index contributed by atoms with van der Waals surface area (Å²) in [7, 11) is 0.984. The van der Waals surface area contributed by atoms with Crippen molar-refractivity contribution in [3.8, 4) is 0 Å². The van der Waals surface area contributed by atoms with Gasteiger partial charge in [0.2, 0.25) is 0 Å². The predicted molar refractivity (Wildman–Crippen MR) is 27.2 cm³/mol. The minimum Gasteiger partial charge on any atom is -0.203 e. The molecule has 0 saturated heterocycles. The van der Waals surface area contributed by atoms with E-state index in [0.717, 1.165) is 0 Å². The molecule has 1 heterocycles. The Hall–Kier alpha value is -0.690. The van der Waals surface area contributed by atoms with Gasteiger partial charge in [-0.05, 0) is 5.21 Å². The number of hydrogen-bond acceptors (Lipinski definition) is 5. The predicted octanol–water partition coefficient (Wildman–Crippen LogP) is -0.873. The number of nitrogens with one attached hydrogen (secondary N) is 1. The maximum atomic E-state index is 10.3. The Morgan fingerprint density at radius 2 is 2.22 bits per heavy atom. The van der Waals surface area contributed by atoms with E-state index in [-0.39, 0.29) is 0 Å². The van der Waals surface area contributed by atoms with Crippen molar-refractivity contribution < 1.29 is 8.42 Å². The summed E-state index contributed by atoms with van der Waals surface area (Å²) in [6.45, 7) is 0. The molecule has 1 N–H and O–H groups in total. The lowest BCUT2D eigenvalue weighted by molar-refractivity contribution is 0.601. The van der Waals surface area contributed by atoms with Crippen molar-refractivity contribution in [2.24, 2.45) is 0 Å². The van der Waals surface area contributed by atoms with Crippen LogP contribution in [0.3, 0.4) is 0 Å². The van der Waals surface area contributed by atoms with E-state index in [2.05, 4.69) is 15.4 Å². The van der Waals surface area contributed by atoms with Gasteiger partial charge in [-0.15, -0.1) is 5.10 Å². The highest BCUT2D eigenvalue weighted by molar-refractivity contribution is 8.13. The van der Waals surface area contributed by atoms with Gasteiger partial charge in [-0.25, -0.2) is 8.42 Å². The van der Waals surface area contributed by atoms with Gasteiger partial charge in [-0.1, -0.05) is 5.10 Å². The Morgan fingerprint density at radius 1 is 1.56 bits per heavy atom. The van der Waals surface area contributed by atoms with E-state index < -0.39 is 14.2 Å². The van der Waals surface area contributed by atoms with Gasteiger partial charge in [0.05, 0.1) is 0 Å². The summed E-state index contributed by atoms with van der Waals surface area (Å²) >= 11 is 0. The van der Waals surface area contributed by atoms with E-state index in [0.29, 0.717) is 0 Å². The van der Waals surface area contributed by atoms with Gasteiger partial charge in [0.1, 0.15) is 0 Å². The van der Waals surface area contributed by atoms with E-state index in [9.17, 15) is 8.42 Å². The molecule has 0 aromatic carbocycles. The number of nitrogens with zero attached hydrogens (tertiary/aromatic N) is 3. The number of rotatable bonds is 1. The first-order valence-electron chi connectivity index (χ1n) is 1.79. The third-order valence-electron chi connectivity index (χ3n) is 0.544. The molecular weight excluding hydrogens is 168 g/mol. The minimum absolute atomic E-state index is 0.510. The van der Waals surface area contributed by atoms with Crippen molar-refractivity contribution in [3.05, 3.63) is 0 Å². The second kappa shape index (κ2) is 1.92. The number of aromatic nitrogens is 4. The molecule has 1 aromatic heterocycles. The molecule has 0 spiro atoms. The molecule has 0 aliphatic heterocycles. The molecule has 1 aromatic rings. The van der Waals surface area contributed by atoms with E-state index >= 15 is 0 Å². The highest BCUT2D eigenvalue weighted by Gasteiger charge is 2.14. The normalized spacial score (nSPS) is 11.7. The Kier molecular flexibility index (Phi) is 1.37. The van der Waals surface area contributed by atoms with E-state index in [1.165, 1.54) is 0 Å². The molecule has 0 unspecified atom stereocenters. The monoisotopic (exact) mass is 168 g/mol. The molecule has 0 amide bonds.